The van der Waals surface area contributed by atoms with Crippen LogP contribution in [0.4, 0.5) is 0 Å². The summed E-state index contributed by atoms with van der Waals surface area (Å²) in [5.74, 6) is 0.665. The first kappa shape index (κ1) is 17.4. The van der Waals surface area contributed by atoms with Gasteiger partial charge >= 0.3 is 0 Å². The van der Waals surface area contributed by atoms with Crippen molar-refractivity contribution in [1.82, 2.24) is 9.78 Å². The second-order valence-electron chi connectivity index (χ2n) is 6.32. The highest BCUT2D eigenvalue weighted by Crippen LogP contribution is 2.34. The minimum absolute atomic E-state index is 0.588. The standard InChI is InChI=1S/C23H19ClN2O/c1-16-14-22(17-8-4-3-5-9-17)26(25-16)21-11-7-6-10-19(21)18-12-13-23(27-2)20(24)15-18/h3-15H,1-2H3. The molecule has 4 rings (SSSR count). The Morgan fingerprint density at radius 3 is 2.33 bits per heavy atom. The van der Waals surface area contributed by atoms with Crippen LogP contribution in [-0.2, 0) is 0 Å². The van der Waals surface area contributed by atoms with E-state index >= 15 is 0 Å². The molecule has 1 aromatic heterocycles. The van der Waals surface area contributed by atoms with Crippen molar-refractivity contribution in [2.24, 2.45) is 0 Å². The molecule has 0 aliphatic rings. The van der Waals surface area contributed by atoms with Gasteiger partial charge in [-0.3, -0.25) is 0 Å². The monoisotopic (exact) mass is 374 g/mol. The van der Waals surface area contributed by atoms with Crippen molar-refractivity contribution in [2.45, 2.75) is 6.92 Å². The third-order valence-corrected chi connectivity index (χ3v) is 4.79. The molecule has 0 saturated carbocycles. The SMILES string of the molecule is COc1ccc(-c2ccccc2-n2nc(C)cc2-c2ccccc2)cc1Cl. The van der Waals surface area contributed by atoms with Crippen LogP contribution in [-0.4, -0.2) is 16.9 Å². The van der Waals surface area contributed by atoms with Crippen LogP contribution >= 0.6 is 11.6 Å². The highest BCUT2D eigenvalue weighted by Gasteiger charge is 2.14. The predicted octanol–water partition coefficient (Wildman–Crippen LogP) is 6.18. The van der Waals surface area contributed by atoms with E-state index in [1.165, 1.54) is 0 Å². The summed E-state index contributed by atoms with van der Waals surface area (Å²) in [6.07, 6.45) is 0. The zero-order valence-electron chi connectivity index (χ0n) is 15.2. The maximum Gasteiger partial charge on any atom is 0.137 e. The van der Waals surface area contributed by atoms with Gasteiger partial charge in [-0.15, -0.1) is 0 Å². The van der Waals surface area contributed by atoms with E-state index in [1.54, 1.807) is 7.11 Å². The number of hydrogen-bond donors (Lipinski definition) is 0. The molecule has 0 N–H and O–H groups in total. The Morgan fingerprint density at radius 2 is 1.59 bits per heavy atom. The lowest BCUT2D eigenvalue weighted by Gasteiger charge is -2.14. The van der Waals surface area contributed by atoms with Crippen LogP contribution in [0.2, 0.25) is 5.02 Å². The van der Waals surface area contributed by atoms with Crippen molar-refractivity contribution in [1.29, 1.82) is 0 Å². The van der Waals surface area contributed by atoms with Gasteiger partial charge in [-0.25, -0.2) is 4.68 Å². The average molecular weight is 375 g/mol. The fraction of sp³-hybridized carbons (Fsp3) is 0.0870. The van der Waals surface area contributed by atoms with Crippen molar-refractivity contribution in [3.05, 3.63) is 89.6 Å². The highest BCUT2D eigenvalue weighted by atomic mass is 35.5. The fourth-order valence-electron chi connectivity index (χ4n) is 3.23. The summed E-state index contributed by atoms with van der Waals surface area (Å²) in [4.78, 5) is 0. The van der Waals surface area contributed by atoms with E-state index in [9.17, 15) is 0 Å². The van der Waals surface area contributed by atoms with E-state index in [0.717, 1.165) is 33.8 Å². The number of rotatable bonds is 4. The molecule has 0 atom stereocenters. The summed E-state index contributed by atoms with van der Waals surface area (Å²) >= 11 is 6.36. The van der Waals surface area contributed by atoms with E-state index < -0.39 is 0 Å². The minimum Gasteiger partial charge on any atom is -0.495 e. The number of para-hydroxylation sites is 1. The number of methoxy groups -OCH3 is 1. The molecular weight excluding hydrogens is 356 g/mol. The molecule has 3 nitrogen and oxygen atoms in total. The summed E-state index contributed by atoms with van der Waals surface area (Å²) in [6.45, 7) is 2.01. The Balaban J connectivity index is 1.89. The van der Waals surface area contributed by atoms with Gasteiger partial charge in [0, 0.05) is 11.1 Å². The van der Waals surface area contributed by atoms with Crippen LogP contribution in [0.15, 0.2) is 78.9 Å². The van der Waals surface area contributed by atoms with E-state index in [-0.39, 0.29) is 0 Å². The Hall–Kier alpha value is -3.04. The van der Waals surface area contributed by atoms with Gasteiger partial charge in [0.1, 0.15) is 5.75 Å². The van der Waals surface area contributed by atoms with E-state index in [1.807, 2.05) is 60.1 Å². The lowest BCUT2D eigenvalue weighted by molar-refractivity contribution is 0.415. The summed E-state index contributed by atoms with van der Waals surface area (Å²) in [6, 6.07) is 26.4. The first-order chi connectivity index (χ1) is 13.2. The molecule has 0 aliphatic carbocycles. The Kier molecular flexibility index (Phi) is 4.69. The Labute approximate surface area is 163 Å². The number of benzene rings is 3. The Bertz CT molecular complexity index is 1090. The molecule has 0 radical (unpaired) electrons. The molecule has 0 amide bonds. The van der Waals surface area contributed by atoms with Gasteiger partial charge in [0.2, 0.25) is 0 Å². The van der Waals surface area contributed by atoms with Crippen LogP contribution in [0.25, 0.3) is 28.1 Å². The summed E-state index contributed by atoms with van der Waals surface area (Å²) in [5.41, 5.74) is 6.23. The van der Waals surface area contributed by atoms with E-state index in [0.29, 0.717) is 10.8 Å². The lowest BCUT2D eigenvalue weighted by Crippen LogP contribution is -2.01. The van der Waals surface area contributed by atoms with Gasteiger partial charge in [0.15, 0.2) is 0 Å². The number of nitrogens with zero attached hydrogens (tertiary/aromatic N) is 2. The van der Waals surface area contributed by atoms with Crippen LogP contribution < -0.4 is 4.74 Å². The second-order valence-corrected chi connectivity index (χ2v) is 6.72. The highest BCUT2D eigenvalue weighted by molar-refractivity contribution is 6.32. The molecule has 0 saturated heterocycles. The molecule has 0 aliphatic heterocycles. The van der Waals surface area contributed by atoms with E-state index in [4.69, 9.17) is 21.4 Å². The predicted molar refractivity (Wildman–Crippen MR) is 111 cm³/mol. The second kappa shape index (κ2) is 7.29. The van der Waals surface area contributed by atoms with Crippen molar-refractivity contribution < 1.29 is 4.74 Å². The van der Waals surface area contributed by atoms with Crippen LogP contribution in [0, 0.1) is 6.92 Å². The molecule has 0 spiro atoms. The van der Waals surface area contributed by atoms with Crippen LogP contribution in [0.1, 0.15) is 5.69 Å². The number of hydrogen-bond acceptors (Lipinski definition) is 2. The van der Waals surface area contributed by atoms with Crippen molar-refractivity contribution >= 4 is 11.6 Å². The van der Waals surface area contributed by atoms with Crippen LogP contribution in [0.3, 0.4) is 0 Å². The number of aryl methyl sites for hydroxylation is 1. The third kappa shape index (κ3) is 3.34. The number of halogens is 1. The molecule has 27 heavy (non-hydrogen) atoms. The molecular formula is C23H19ClN2O. The number of ether oxygens (including phenoxy) is 1. The van der Waals surface area contributed by atoms with E-state index in [2.05, 4.69) is 30.3 Å². The third-order valence-electron chi connectivity index (χ3n) is 4.50. The van der Waals surface area contributed by atoms with Gasteiger partial charge in [0.05, 0.1) is 29.2 Å². The average Bonchev–Trinajstić information content (AvgIpc) is 3.10. The largest absolute Gasteiger partial charge is 0.495 e. The van der Waals surface area contributed by atoms with Crippen molar-refractivity contribution in [2.75, 3.05) is 7.11 Å². The first-order valence-electron chi connectivity index (χ1n) is 8.73. The molecule has 4 heteroatoms. The minimum atomic E-state index is 0.588. The quantitative estimate of drug-likeness (QED) is 0.426. The fourth-order valence-corrected chi connectivity index (χ4v) is 3.49. The van der Waals surface area contributed by atoms with Gasteiger partial charge < -0.3 is 4.74 Å². The molecule has 0 bridgehead atoms. The summed E-state index contributed by atoms with van der Waals surface area (Å²) in [7, 11) is 1.62. The normalized spacial score (nSPS) is 10.8. The Morgan fingerprint density at radius 1 is 0.852 bits per heavy atom. The lowest BCUT2D eigenvalue weighted by atomic mass is 10.0. The molecule has 134 valence electrons. The number of aromatic nitrogens is 2. The zero-order valence-corrected chi connectivity index (χ0v) is 15.9. The summed E-state index contributed by atoms with van der Waals surface area (Å²) < 4.78 is 7.28. The topological polar surface area (TPSA) is 27.1 Å². The maximum atomic E-state index is 6.36. The smallest absolute Gasteiger partial charge is 0.137 e. The van der Waals surface area contributed by atoms with Gasteiger partial charge in [-0.1, -0.05) is 66.2 Å². The molecule has 1 heterocycles. The van der Waals surface area contributed by atoms with Gasteiger partial charge in [0.25, 0.3) is 0 Å². The van der Waals surface area contributed by atoms with Crippen LogP contribution in [0.5, 0.6) is 5.75 Å². The van der Waals surface area contributed by atoms with Crippen molar-refractivity contribution in [3.63, 3.8) is 0 Å². The molecule has 0 unspecified atom stereocenters. The zero-order chi connectivity index (χ0) is 18.8. The molecule has 4 aromatic rings. The van der Waals surface area contributed by atoms with Gasteiger partial charge in [-0.2, -0.15) is 5.10 Å². The first-order valence-corrected chi connectivity index (χ1v) is 9.10. The molecule has 0 fully saturated rings. The maximum absolute atomic E-state index is 6.36. The van der Waals surface area contributed by atoms with Gasteiger partial charge in [-0.05, 0) is 36.8 Å². The van der Waals surface area contributed by atoms with Crippen molar-refractivity contribution in [3.8, 4) is 33.8 Å². The summed E-state index contributed by atoms with van der Waals surface area (Å²) in [5, 5.41) is 5.35. The molecule has 3 aromatic carbocycles.